The molecule has 0 spiro atoms. The molecule has 2 aromatic heterocycles. The molecule has 1 atom stereocenters. The lowest BCUT2D eigenvalue weighted by atomic mass is 9.83. The molecule has 4 rings (SSSR count). The first kappa shape index (κ1) is 19.8. The smallest absolute Gasteiger partial charge is 0.340 e. The van der Waals surface area contributed by atoms with E-state index in [0.29, 0.717) is 22.0 Å². The Morgan fingerprint density at radius 3 is 2.70 bits per heavy atom. The van der Waals surface area contributed by atoms with Gasteiger partial charge in [0, 0.05) is 16.8 Å². The molecule has 3 heterocycles. The number of aromatic nitrogens is 1. The maximum Gasteiger partial charge on any atom is 0.340 e. The lowest BCUT2D eigenvalue weighted by molar-refractivity contribution is -0.136. The van der Waals surface area contributed by atoms with E-state index >= 15 is 0 Å². The first-order chi connectivity index (χ1) is 14.4. The summed E-state index contributed by atoms with van der Waals surface area (Å²) in [6.45, 7) is 2.02. The van der Waals surface area contributed by atoms with Crippen LogP contribution in [0.25, 0.3) is 0 Å². The summed E-state index contributed by atoms with van der Waals surface area (Å²) in [5.74, 6) is -0.758. The second-order valence-corrected chi connectivity index (χ2v) is 7.27. The topological polar surface area (TPSA) is 96.7 Å². The predicted octanol–water partition coefficient (Wildman–Crippen LogP) is 3.32. The fourth-order valence-electron chi connectivity index (χ4n) is 3.67. The Morgan fingerprint density at radius 1 is 1.27 bits per heavy atom. The van der Waals surface area contributed by atoms with E-state index in [4.69, 9.17) is 31.2 Å². The van der Waals surface area contributed by atoms with E-state index in [-0.39, 0.29) is 34.9 Å². The van der Waals surface area contributed by atoms with Crippen molar-refractivity contribution in [1.82, 2.24) is 4.57 Å². The highest BCUT2D eigenvalue weighted by Crippen LogP contribution is 2.43. The number of benzene rings is 1. The monoisotopic (exact) mass is 426 g/mol. The number of aryl methyl sites for hydroxylation is 1. The molecular formula is C22H19ClN2O5. The predicted molar refractivity (Wildman–Crippen MR) is 110 cm³/mol. The maximum absolute atomic E-state index is 13.6. The molecule has 0 fully saturated rings. The van der Waals surface area contributed by atoms with Gasteiger partial charge in [-0.15, -0.1) is 0 Å². The standard InChI is InChI=1S/C22H19ClN2O5/c1-12-10-16-18(21(26)25(12)11-13-6-5-9-29-13)17(14-7-3-4-8-15(14)23)19(20(24)30-16)22(27)28-2/h3-10,17H,11,24H2,1-2H3/t17-/m1/s1. The van der Waals surface area contributed by atoms with Gasteiger partial charge in [0.15, 0.2) is 0 Å². The van der Waals surface area contributed by atoms with E-state index < -0.39 is 11.9 Å². The van der Waals surface area contributed by atoms with E-state index in [2.05, 4.69) is 0 Å². The molecule has 2 N–H and O–H groups in total. The summed E-state index contributed by atoms with van der Waals surface area (Å²) in [5, 5.41) is 0.391. The van der Waals surface area contributed by atoms with Gasteiger partial charge in [-0.3, -0.25) is 4.79 Å². The van der Waals surface area contributed by atoms with Gasteiger partial charge in [0.1, 0.15) is 17.1 Å². The highest BCUT2D eigenvalue weighted by Gasteiger charge is 2.39. The Labute approximate surface area is 177 Å². The van der Waals surface area contributed by atoms with Crippen molar-refractivity contribution in [2.75, 3.05) is 7.11 Å². The molecule has 0 unspecified atom stereocenters. The molecule has 0 aliphatic carbocycles. The van der Waals surface area contributed by atoms with Gasteiger partial charge in [-0.05, 0) is 30.7 Å². The summed E-state index contributed by atoms with van der Waals surface area (Å²) in [4.78, 5) is 26.2. The molecule has 1 aromatic carbocycles. The average Bonchev–Trinajstić information content (AvgIpc) is 3.23. The number of carbonyl (C=O) groups excluding carboxylic acids is 1. The number of carbonyl (C=O) groups is 1. The van der Waals surface area contributed by atoms with Crippen molar-refractivity contribution < 1.29 is 18.7 Å². The zero-order chi connectivity index (χ0) is 21.4. The molecule has 7 nitrogen and oxygen atoms in total. The molecule has 0 amide bonds. The van der Waals surface area contributed by atoms with E-state index in [1.807, 2.05) is 0 Å². The Bertz CT molecular complexity index is 1210. The minimum absolute atomic E-state index is 0.0311. The van der Waals surface area contributed by atoms with Crippen LogP contribution in [-0.2, 0) is 16.1 Å². The zero-order valence-corrected chi connectivity index (χ0v) is 17.1. The maximum atomic E-state index is 13.6. The van der Waals surface area contributed by atoms with Gasteiger partial charge in [-0.25, -0.2) is 4.79 Å². The van der Waals surface area contributed by atoms with Crippen LogP contribution in [0.5, 0.6) is 5.75 Å². The van der Waals surface area contributed by atoms with Crippen molar-refractivity contribution in [3.63, 3.8) is 0 Å². The molecule has 1 aliphatic heterocycles. The molecule has 154 valence electrons. The van der Waals surface area contributed by atoms with Crippen LogP contribution in [0.3, 0.4) is 0 Å². The van der Waals surface area contributed by atoms with Gasteiger partial charge in [0.25, 0.3) is 5.56 Å². The third-order valence-electron chi connectivity index (χ3n) is 5.09. The normalized spacial score (nSPS) is 15.5. The highest BCUT2D eigenvalue weighted by molar-refractivity contribution is 6.31. The van der Waals surface area contributed by atoms with Gasteiger partial charge in [0.05, 0.1) is 31.4 Å². The molecular weight excluding hydrogens is 408 g/mol. The Hall–Kier alpha value is -3.45. The SMILES string of the molecule is COC(=O)C1=C(N)Oc2cc(C)n(Cc3ccco3)c(=O)c2[C@H]1c1ccccc1Cl. The van der Waals surface area contributed by atoms with Crippen LogP contribution in [0, 0.1) is 6.92 Å². The fraction of sp³-hybridized carbons (Fsp3) is 0.182. The Balaban J connectivity index is 1.99. The second-order valence-electron chi connectivity index (χ2n) is 6.86. The number of halogens is 1. The number of pyridine rings is 1. The fourth-order valence-corrected chi connectivity index (χ4v) is 3.91. The summed E-state index contributed by atoms with van der Waals surface area (Å²) < 4.78 is 17.6. The van der Waals surface area contributed by atoms with Gasteiger partial charge in [0.2, 0.25) is 5.88 Å². The van der Waals surface area contributed by atoms with E-state index in [0.717, 1.165) is 0 Å². The number of fused-ring (bicyclic) bond motifs is 1. The number of nitrogens with zero attached hydrogens (tertiary/aromatic N) is 1. The largest absolute Gasteiger partial charge is 0.467 e. The number of hydrogen-bond donors (Lipinski definition) is 1. The Kier molecular flexibility index (Phi) is 5.13. The van der Waals surface area contributed by atoms with Gasteiger partial charge in [-0.2, -0.15) is 0 Å². The molecule has 0 bridgehead atoms. The molecule has 8 heteroatoms. The molecule has 30 heavy (non-hydrogen) atoms. The van der Waals surface area contributed by atoms with Crippen molar-refractivity contribution in [3.05, 3.63) is 98.1 Å². The first-order valence-electron chi connectivity index (χ1n) is 9.19. The molecule has 0 radical (unpaired) electrons. The third-order valence-corrected chi connectivity index (χ3v) is 5.43. The van der Waals surface area contributed by atoms with E-state index in [1.165, 1.54) is 7.11 Å². The quantitative estimate of drug-likeness (QED) is 0.643. The minimum atomic E-state index is -0.842. The lowest BCUT2D eigenvalue weighted by Crippen LogP contribution is -2.35. The Morgan fingerprint density at radius 2 is 2.03 bits per heavy atom. The van der Waals surface area contributed by atoms with Crippen LogP contribution >= 0.6 is 11.6 Å². The number of nitrogens with two attached hydrogens (primary N) is 1. The summed E-state index contributed by atoms with van der Waals surface area (Å²) >= 11 is 6.44. The van der Waals surface area contributed by atoms with Crippen LogP contribution in [0.15, 0.2) is 69.4 Å². The van der Waals surface area contributed by atoms with Crippen molar-refractivity contribution in [2.24, 2.45) is 5.73 Å². The highest BCUT2D eigenvalue weighted by atomic mass is 35.5. The van der Waals surface area contributed by atoms with Crippen molar-refractivity contribution in [2.45, 2.75) is 19.4 Å². The summed E-state index contributed by atoms with van der Waals surface area (Å²) in [5.41, 5.74) is 7.25. The molecule has 0 saturated heterocycles. The third kappa shape index (κ3) is 3.27. The molecule has 0 saturated carbocycles. The van der Waals surface area contributed by atoms with Crippen LogP contribution in [0.1, 0.15) is 28.5 Å². The number of rotatable bonds is 4. The van der Waals surface area contributed by atoms with Gasteiger partial charge >= 0.3 is 5.97 Å². The van der Waals surface area contributed by atoms with Gasteiger partial charge < -0.3 is 24.2 Å². The number of furan rings is 1. The zero-order valence-electron chi connectivity index (χ0n) is 16.3. The molecule has 1 aliphatic rings. The van der Waals surface area contributed by atoms with Crippen LogP contribution in [-0.4, -0.2) is 17.6 Å². The van der Waals surface area contributed by atoms with Crippen LogP contribution < -0.4 is 16.0 Å². The summed E-state index contributed by atoms with van der Waals surface area (Å²) in [6.07, 6.45) is 1.54. The van der Waals surface area contributed by atoms with Crippen molar-refractivity contribution >= 4 is 17.6 Å². The summed E-state index contributed by atoms with van der Waals surface area (Å²) in [6, 6.07) is 12.2. The first-order valence-corrected chi connectivity index (χ1v) is 9.57. The average molecular weight is 427 g/mol. The number of ether oxygens (including phenoxy) is 2. The van der Waals surface area contributed by atoms with Crippen molar-refractivity contribution in [3.8, 4) is 5.75 Å². The minimum Gasteiger partial charge on any atom is -0.467 e. The lowest BCUT2D eigenvalue weighted by Gasteiger charge is -2.29. The van der Waals surface area contributed by atoms with E-state index in [1.54, 1.807) is 60.2 Å². The van der Waals surface area contributed by atoms with Crippen LogP contribution in [0.2, 0.25) is 5.02 Å². The number of esters is 1. The number of methoxy groups -OCH3 is 1. The van der Waals surface area contributed by atoms with E-state index in [9.17, 15) is 9.59 Å². The van der Waals surface area contributed by atoms with Crippen molar-refractivity contribution in [1.29, 1.82) is 0 Å². The van der Waals surface area contributed by atoms with Gasteiger partial charge in [-0.1, -0.05) is 29.8 Å². The second kappa shape index (κ2) is 7.76. The molecule has 3 aromatic rings. The van der Waals surface area contributed by atoms with Crippen LogP contribution in [0.4, 0.5) is 0 Å². The number of hydrogen-bond acceptors (Lipinski definition) is 6. The summed E-state index contributed by atoms with van der Waals surface area (Å²) in [7, 11) is 1.24.